The quantitative estimate of drug-likeness (QED) is 0.524. The van der Waals surface area contributed by atoms with E-state index in [0.717, 1.165) is 37.3 Å². The molecule has 1 aromatic heterocycles. The zero-order chi connectivity index (χ0) is 24.6. The number of allylic oxidation sites excluding steroid dienone is 1. The number of hydrogen-bond acceptors (Lipinski definition) is 7. The fourth-order valence-electron chi connectivity index (χ4n) is 6.04. The molecule has 9 heteroatoms. The van der Waals surface area contributed by atoms with E-state index in [2.05, 4.69) is 27.4 Å². The van der Waals surface area contributed by atoms with Crippen LogP contribution in [0.1, 0.15) is 36.3 Å². The van der Waals surface area contributed by atoms with Crippen LogP contribution < -0.4 is 15.8 Å². The number of anilines is 1. The maximum atomic E-state index is 14.8. The number of ether oxygens (including phenoxy) is 1. The topological polar surface area (TPSA) is 106 Å². The summed E-state index contributed by atoms with van der Waals surface area (Å²) in [5.41, 5.74) is 8.05. The van der Waals surface area contributed by atoms with Crippen LogP contribution in [0.4, 0.5) is 15.9 Å². The Labute approximate surface area is 209 Å². The summed E-state index contributed by atoms with van der Waals surface area (Å²) in [6.45, 7) is 3.48. The van der Waals surface area contributed by atoms with Gasteiger partial charge in [0, 0.05) is 31.6 Å². The number of amides is 1. The Morgan fingerprint density at radius 1 is 1.19 bits per heavy atom. The SMILES string of the molecule is NC(=O)C1C2C=CC(C2)C1Nc1nc(Cc2ccc(OCCN3CCCC3)c(F)c2)nc2c1N=CC2. The van der Waals surface area contributed by atoms with Crippen molar-refractivity contribution in [3.63, 3.8) is 0 Å². The number of aromatic nitrogens is 2. The van der Waals surface area contributed by atoms with Gasteiger partial charge < -0.3 is 15.8 Å². The van der Waals surface area contributed by atoms with Crippen LogP contribution in [0.25, 0.3) is 0 Å². The number of nitrogens with two attached hydrogens (primary N) is 1. The monoisotopic (exact) mass is 490 g/mol. The van der Waals surface area contributed by atoms with Gasteiger partial charge in [-0.05, 0) is 61.9 Å². The number of benzene rings is 1. The summed E-state index contributed by atoms with van der Waals surface area (Å²) >= 11 is 0. The third-order valence-corrected chi connectivity index (χ3v) is 7.82. The summed E-state index contributed by atoms with van der Waals surface area (Å²) in [4.78, 5) is 28.4. The van der Waals surface area contributed by atoms with E-state index < -0.39 is 0 Å². The minimum Gasteiger partial charge on any atom is -0.489 e. The van der Waals surface area contributed by atoms with Crippen LogP contribution in [0.3, 0.4) is 0 Å². The first-order valence-electron chi connectivity index (χ1n) is 12.9. The highest BCUT2D eigenvalue weighted by Gasteiger charge is 2.47. The van der Waals surface area contributed by atoms with Crippen molar-refractivity contribution in [3.8, 4) is 5.75 Å². The molecule has 2 aliphatic heterocycles. The fraction of sp³-hybridized carbons (Fsp3) is 0.481. The van der Waals surface area contributed by atoms with E-state index in [-0.39, 0.29) is 41.3 Å². The molecule has 0 radical (unpaired) electrons. The summed E-state index contributed by atoms with van der Waals surface area (Å²) in [7, 11) is 0. The van der Waals surface area contributed by atoms with Crippen molar-refractivity contribution < 1.29 is 13.9 Å². The van der Waals surface area contributed by atoms with Crippen molar-refractivity contribution in [2.24, 2.45) is 28.5 Å². The van der Waals surface area contributed by atoms with E-state index in [4.69, 9.17) is 20.4 Å². The molecule has 4 atom stereocenters. The molecular weight excluding hydrogens is 459 g/mol. The Morgan fingerprint density at radius 2 is 2.03 bits per heavy atom. The van der Waals surface area contributed by atoms with E-state index in [1.54, 1.807) is 6.07 Å². The van der Waals surface area contributed by atoms with E-state index in [0.29, 0.717) is 36.8 Å². The van der Waals surface area contributed by atoms with Gasteiger partial charge >= 0.3 is 0 Å². The van der Waals surface area contributed by atoms with Gasteiger partial charge in [-0.25, -0.2) is 14.4 Å². The Bertz CT molecular complexity index is 1220. The number of halogens is 1. The highest BCUT2D eigenvalue weighted by molar-refractivity contribution is 5.82. The smallest absolute Gasteiger partial charge is 0.223 e. The van der Waals surface area contributed by atoms with Gasteiger partial charge in [-0.15, -0.1) is 0 Å². The maximum absolute atomic E-state index is 14.8. The molecule has 4 aliphatic rings. The van der Waals surface area contributed by atoms with Crippen molar-refractivity contribution in [3.05, 3.63) is 53.3 Å². The standard InChI is InChI=1S/C27H31FN6O2/c28-19-13-16(3-6-21(19)36-12-11-34-9-1-2-10-34)14-22-31-20-7-8-30-25(20)27(32-22)33-24-18-5-4-17(15-18)23(24)26(29)35/h3-6,8,13,17-18,23-24H,1-2,7,9-12,14-15H2,(H2,29,35)(H,31,32,33). The maximum Gasteiger partial charge on any atom is 0.223 e. The van der Waals surface area contributed by atoms with Gasteiger partial charge in [-0.2, -0.15) is 0 Å². The lowest BCUT2D eigenvalue weighted by Crippen LogP contribution is -2.41. The minimum atomic E-state index is -0.380. The lowest BCUT2D eigenvalue weighted by Gasteiger charge is -2.27. The number of primary amides is 1. The highest BCUT2D eigenvalue weighted by Crippen LogP contribution is 2.45. The molecule has 188 valence electrons. The highest BCUT2D eigenvalue weighted by atomic mass is 19.1. The molecule has 3 heterocycles. The van der Waals surface area contributed by atoms with Gasteiger partial charge in [0.25, 0.3) is 0 Å². The lowest BCUT2D eigenvalue weighted by atomic mass is 9.88. The second-order valence-corrected chi connectivity index (χ2v) is 10.2. The van der Waals surface area contributed by atoms with Gasteiger partial charge in [0.2, 0.25) is 5.91 Å². The molecule has 2 aliphatic carbocycles. The first-order valence-corrected chi connectivity index (χ1v) is 12.9. The number of likely N-dealkylation sites (tertiary alicyclic amines) is 1. The zero-order valence-electron chi connectivity index (χ0n) is 20.2. The average Bonchev–Trinajstić information content (AvgIpc) is 3.65. The number of aliphatic imine (C=N–C) groups is 1. The molecule has 8 nitrogen and oxygen atoms in total. The van der Waals surface area contributed by atoms with Gasteiger partial charge in [0.1, 0.15) is 18.1 Å². The Morgan fingerprint density at radius 3 is 2.83 bits per heavy atom. The van der Waals surface area contributed by atoms with Crippen LogP contribution in [0.5, 0.6) is 5.75 Å². The lowest BCUT2D eigenvalue weighted by molar-refractivity contribution is -0.122. The predicted octanol–water partition coefficient (Wildman–Crippen LogP) is 3.03. The van der Waals surface area contributed by atoms with Crippen LogP contribution in [0.2, 0.25) is 0 Å². The summed E-state index contributed by atoms with van der Waals surface area (Å²) in [5.74, 6) is 0.922. The number of carbonyl (C=O) groups is 1. The summed E-state index contributed by atoms with van der Waals surface area (Å²) < 4.78 is 20.5. The fourth-order valence-corrected chi connectivity index (χ4v) is 6.04. The van der Waals surface area contributed by atoms with Crippen molar-refractivity contribution in [2.75, 3.05) is 31.6 Å². The number of carbonyl (C=O) groups excluding carboxylic acids is 1. The molecule has 36 heavy (non-hydrogen) atoms. The number of nitrogens with zero attached hydrogens (tertiary/aromatic N) is 4. The Balaban J connectivity index is 1.17. The molecule has 2 aromatic rings. The van der Waals surface area contributed by atoms with E-state index in [9.17, 15) is 9.18 Å². The molecule has 1 saturated heterocycles. The molecule has 0 spiro atoms. The molecule has 2 fully saturated rings. The first kappa shape index (κ1) is 23.1. The Hall–Kier alpha value is -3.33. The Kier molecular flexibility index (Phi) is 6.17. The van der Waals surface area contributed by atoms with Gasteiger partial charge in [0.15, 0.2) is 17.4 Å². The summed E-state index contributed by atoms with van der Waals surface area (Å²) in [6.07, 6.45) is 10.4. The largest absolute Gasteiger partial charge is 0.489 e. The minimum absolute atomic E-state index is 0.116. The summed E-state index contributed by atoms with van der Waals surface area (Å²) in [5, 5.41) is 3.48. The molecular formula is C27H31FN6O2. The second-order valence-electron chi connectivity index (χ2n) is 10.2. The molecule has 1 aromatic carbocycles. The summed E-state index contributed by atoms with van der Waals surface area (Å²) in [6, 6.07) is 4.92. The number of hydrogen-bond donors (Lipinski definition) is 2. The molecule has 2 bridgehead atoms. The van der Waals surface area contributed by atoms with Crippen LogP contribution in [-0.2, 0) is 17.6 Å². The molecule has 4 unspecified atom stereocenters. The number of nitrogens with one attached hydrogen (secondary N) is 1. The van der Waals surface area contributed by atoms with E-state index in [1.807, 2.05) is 12.3 Å². The third kappa shape index (κ3) is 4.48. The predicted molar refractivity (Wildman–Crippen MR) is 135 cm³/mol. The second kappa shape index (κ2) is 9.61. The molecule has 6 rings (SSSR count). The zero-order valence-corrected chi connectivity index (χ0v) is 20.2. The van der Waals surface area contributed by atoms with Gasteiger partial charge in [0.05, 0.1) is 11.6 Å². The third-order valence-electron chi connectivity index (χ3n) is 7.82. The normalized spacial score (nSPS) is 26.0. The van der Waals surface area contributed by atoms with E-state index in [1.165, 1.54) is 18.9 Å². The average molecular weight is 491 g/mol. The number of rotatable bonds is 9. The molecule has 1 saturated carbocycles. The van der Waals surface area contributed by atoms with Gasteiger partial charge in [-0.3, -0.25) is 14.7 Å². The van der Waals surface area contributed by atoms with Crippen LogP contribution in [0, 0.1) is 23.6 Å². The van der Waals surface area contributed by atoms with E-state index >= 15 is 0 Å². The van der Waals surface area contributed by atoms with Crippen molar-refractivity contribution >= 4 is 23.6 Å². The van der Waals surface area contributed by atoms with Crippen molar-refractivity contribution in [1.29, 1.82) is 0 Å². The molecule has 3 N–H and O–H groups in total. The van der Waals surface area contributed by atoms with Crippen molar-refractivity contribution in [2.45, 2.75) is 38.1 Å². The number of fused-ring (bicyclic) bond motifs is 3. The first-order chi connectivity index (χ1) is 17.5. The van der Waals surface area contributed by atoms with Crippen LogP contribution >= 0.6 is 0 Å². The molecule has 1 amide bonds. The van der Waals surface area contributed by atoms with Gasteiger partial charge in [-0.1, -0.05) is 18.2 Å². The van der Waals surface area contributed by atoms with Crippen molar-refractivity contribution in [1.82, 2.24) is 14.9 Å². The van der Waals surface area contributed by atoms with Crippen LogP contribution in [0.15, 0.2) is 35.3 Å². The van der Waals surface area contributed by atoms with Crippen LogP contribution in [-0.4, -0.2) is 59.3 Å².